The van der Waals surface area contributed by atoms with E-state index in [4.69, 9.17) is 10.5 Å². The Morgan fingerprint density at radius 2 is 1.92 bits per heavy atom. The second kappa shape index (κ2) is 7.25. The second-order valence-corrected chi connectivity index (χ2v) is 5.92. The Kier molecular flexibility index (Phi) is 4.88. The second-order valence-electron chi connectivity index (χ2n) is 5.92. The summed E-state index contributed by atoms with van der Waals surface area (Å²) < 4.78 is 5.29. The van der Waals surface area contributed by atoms with Gasteiger partial charge in [-0.05, 0) is 36.2 Å². The molecule has 1 aliphatic heterocycles. The molecule has 0 fully saturated rings. The number of hydrogen-bond donors (Lipinski definition) is 2. The zero-order valence-electron chi connectivity index (χ0n) is 14.1. The van der Waals surface area contributed by atoms with Gasteiger partial charge in [0.2, 0.25) is 0 Å². The molecule has 0 aliphatic carbocycles. The maximum atomic E-state index is 12.8. The van der Waals surface area contributed by atoms with Crippen molar-refractivity contribution in [2.24, 2.45) is 5.73 Å². The molecule has 1 aliphatic rings. The van der Waals surface area contributed by atoms with Crippen molar-refractivity contribution in [3.8, 4) is 5.75 Å². The highest BCUT2D eigenvalue weighted by atomic mass is 16.5. The van der Waals surface area contributed by atoms with Crippen molar-refractivity contribution in [1.29, 1.82) is 0 Å². The summed E-state index contributed by atoms with van der Waals surface area (Å²) >= 11 is 0. The van der Waals surface area contributed by atoms with Crippen molar-refractivity contribution in [3.63, 3.8) is 0 Å². The molecule has 3 N–H and O–H groups in total. The number of primary amides is 1. The first-order valence-electron chi connectivity index (χ1n) is 8.27. The maximum absolute atomic E-state index is 12.8. The number of nitrogens with zero attached hydrogens (tertiary/aromatic N) is 1. The van der Waals surface area contributed by atoms with Crippen LogP contribution in [0.2, 0.25) is 0 Å². The first kappa shape index (κ1) is 16.8. The molecule has 0 spiro atoms. The van der Waals surface area contributed by atoms with Gasteiger partial charge in [0.1, 0.15) is 11.9 Å². The summed E-state index contributed by atoms with van der Waals surface area (Å²) in [6, 6.07) is 14.8. The lowest BCUT2D eigenvalue weighted by Crippen LogP contribution is -2.43. The molecule has 6 nitrogen and oxygen atoms in total. The molecule has 2 aromatic rings. The van der Waals surface area contributed by atoms with E-state index in [1.165, 1.54) is 0 Å². The molecule has 0 radical (unpaired) electrons. The third kappa shape index (κ3) is 3.57. The predicted octanol–water partition coefficient (Wildman–Crippen LogP) is 2.53. The van der Waals surface area contributed by atoms with Crippen molar-refractivity contribution >= 4 is 17.5 Å². The van der Waals surface area contributed by atoms with Gasteiger partial charge in [0.15, 0.2) is 6.61 Å². The van der Waals surface area contributed by atoms with E-state index in [1.807, 2.05) is 48.2 Å². The van der Waals surface area contributed by atoms with Gasteiger partial charge in [0.05, 0.1) is 5.56 Å². The van der Waals surface area contributed by atoms with Gasteiger partial charge < -0.3 is 20.7 Å². The molecule has 1 heterocycles. The van der Waals surface area contributed by atoms with E-state index < -0.39 is 5.91 Å². The van der Waals surface area contributed by atoms with E-state index in [2.05, 4.69) is 5.32 Å². The summed E-state index contributed by atoms with van der Waals surface area (Å²) in [5.74, 6) is 0.0664. The Morgan fingerprint density at radius 1 is 1.20 bits per heavy atom. The van der Waals surface area contributed by atoms with E-state index in [9.17, 15) is 9.59 Å². The van der Waals surface area contributed by atoms with Crippen LogP contribution in [0.1, 0.15) is 35.4 Å². The molecule has 2 amide bonds. The summed E-state index contributed by atoms with van der Waals surface area (Å²) in [6.45, 7) is 2.55. The number of nitrogens with one attached hydrogen (secondary N) is 1. The van der Waals surface area contributed by atoms with E-state index >= 15 is 0 Å². The van der Waals surface area contributed by atoms with Gasteiger partial charge in [-0.15, -0.1) is 0 Å². The lowest BCUT2D eigenvalue weighted by atomic mass is 10.0. The van der Waals surface area contributed by atoms with Gasteiger partial charge in [-0.2, -0.15) is 0 Å². The number of nitrogens with two attached hydrogens (primary N) is 1. The number of ether oxygens (including phenoxy) is 1. The van der Waals surface area contributed by atoms with Gasteiger partial charge in [0, 0.05) is 12.2 Å². The van der Waals surface area contributed by atoms with Crippen LogP contribution >= 0.6 is 0 Å². The first-order chi connectivity index (χ1) is 12.1. The Labute approximate surface area is 146 Å². The molecule has 0 unspecified atom stereocenters. The largest absolute Gasteiger partial charge is 0.484 e. The van der Waals surface area contributed by atoms with E-state index in [0.717, 1.165) is 17.7 Å². The van der Waals surface area contributed by atoms with Crippen LogP contribution in [-0.4, -0.2) is 29.9 Å². The quantitative estimate of drug-likeness (QED) is 0.847. The number of amides is 2. The molecule has 0 bridgehead atoms. The van der Waals surface area contributed by atoms with E-state index in [1.54, 1.807) is 12.1 Å². The molecule has 130 valence electrons. The molecule has 25 heavy (non-hydrogen) atoms. The Balaban J connectivity index is 1.86. The van der Waals surface area contributed by atoms with Crippen LogP contribution < -0.4 is 15.8 Å². The Hall–Kier alpha value is -3.02. The highest BCUT2D eigenvalue weighted by Gasteiger charge is 2.32. The number of carbonyl (C=O) groups is 2. The van der Waals surface area contributed by atoms with Gasteiger partial charge >= 0.3 is 0 Å². The fourth-order valence-corrected chi connectivity index (χ4v) is 2.93. The third-order valence-corrected chi connectivity index (χ3v) is 4.06. The van der Waals surface area contributed by atoms with Crippen LogP contribution in [0.25, 0.3) is 0 Å². The Morgan fingerprint density at radius 3 is 2.60 bits per heavy atom. The fraction of sp³-hybridized carbons (Fsp3) is 0.263. The number of anilines is 1. The molecule has 0 aromatic heterocycles. The van der Waals surface area contributed by atoms with Gasteiger partial charge in [-0.25, -0.2) is 0 Å². The minimum atomic E-state index is -0.519. The van der Waals surface area contributed by atoms with Crippen molar-refractivity contribution in [3.05, 3.63) is 59.7 Å². The normalized spacial score (nSPS) is 16.1. The predicted molar refractivity (Wildman–Crippen MR) is 95.3 cm³/mol. The standard InChI is InChI=1S/C19H21N3O3/c1-2-11-22-18(21-16-6-4-3-5-15(16)19(22)24)13-7-9-14(10-8-13)25-12-17(20)23/h3-10,18,21H,2,11-12H2,1H3,(H2,20,23)/t18-/m0/s1. The highest BCUT2D eigenvalue weighted by molar-refractivity contribution is 6.01. The molecule has 0 saturated carbocycles. The monoisotopic (exact) mass is 339 g/mol. The van der Waals surface area contributed by atoms with Crippen molar-refractivity contribution in [2.45, 2.75) is 19.5 Å². The van der Waals surface area contributed by atoms with Crippen molar-refractivity contribution in [1.82, 2.24) is 4.90 Å². The van der Waals surface area contributed by atoms with Crippen LogP contribution in [0.15, 0.2) is 48.5 Å². The maximum Gasteiger partial charge on any atom is 0.257 e. The molecule has 3 rings (SSSR count). The highest BCUT2D eigenvalue weighted by Crippen LogP contribution is 2.33. The van der Waals surface area contributed by atoms with Crippen molar-refractivity contribution in [2.75, 3.05) is 18.5 Å². The zero-order valence-corrected chi connectivity index (χ0v) is 14.1. The number of carbonyl (C=O) groups excluding carboxylic acids is 2. The summed E-state index contributed by atoms with van der Waals surface area (Å²) in [6.07, 6.45) is 0.624. The van der Waals surface area contributed by atoms with Crippen LogP contribution in [0.3, 0.4) is 0 Å². The minimum absolute atomic E-state index is 0.0234. The fourth-order valence-electron chi connectivity index (χ4n) is 2.93. The summed E-state index contributed by atoms with van der Waals surface area (Å²) in [4.78, 5) is 25.5. The van der Waals surface area contributed by atoms with Crippen LogP contribution in [-0.2, 0) is 4.79 Å². The van der Waals surface area contributed by atoms with E-state index in [0.29, 0.717) is 17.9 Å². The topological polar surface area (TPSA) is 84.7 Å². The SMILES string of the molecule is CCCN1C(=O)c2ccccc2N[C@@H]1c1ccc(OCC(N)=O)cc1. The zero-order chi connectivity index (χ0) is 17.8. The average Bonchev–Trinajstić information content (AvgIpc) is 2.63. The number of fused-ring (bicyclic) bond motifs is 1. The number of rotatable bonds is 6. The molecule has 6 heteroatoms. The third-order valence-electron chi connectivity index (χ3n) is 4.06. The molecule has 2 aromatic carbocycles. The lowest BCUT2D eigenvalue weighted by Gasteiger charge is -2.38. The number of para-hydroxylation sites is 1. The molecule has 1 atom stereocenters. The van der Waals surface area contributed by atoms with Crippen LogP contribution in [0, 0.1) is 0 Å². The van der Waals surface area contributed by atoms with Crippen LogP contribution in [0.4, 0.5) is 5.69 Å². The number of hydrogen-bond acceptors (Lipinski definition) is 4. The summed E-state index contributed by atoms with van der Waals surface area (Å²) in [5, 5.41) is 3.44. The van der Waals surface area contributed by atoms with Gasteiger partial charge in [0.25, 0.3) is 11.8 Å². The minimum Gasteiger partial charge on any atom is -0.484 e. The van der Waals surface area contributed by atoms with Gasteiger partial charge in [-0.1, -0.05) is 31.2 Å². The van der Waals surface area contributed by atoms with Crippen molar-refractivity contribution < 1.29 is 14.3 Å². The van der Waals surface area contributed by atoms with Gasteiger partial charge in [-0.3, -0.25) is 9.59 Å². The molecular weight excluding hydrogens is 318 g/mol. The van der Waals surface area contributed by atoms with E-state index in [-0.39, 0.29) is 18.7 Å². The van der Waals surface area contributed by atoms with Crippen LogP contribution in [0.5, 0.6) is 5.75 Å². The first-order valence-corrected chi connectivity index (χ1v) is 8.27. The average molecular weight is 339 g/mol. The molecular formula is C19H21N3O3. The smallest absolute Gasteiger partial charge is 0.257 e. The summed E-state index contributed by atoms with van der Waals surface area (Å²) in [5.41, 5.74) is 7.55. The molecule has 0 saturated heterocycles. The number of benzene rings is 2. The summed E-state index contributed by atoms with van der Waals surface area (Å²) in [7, 11) is 0. The lowest BCUT2D eigenvalue weighted by molar-refractivity contribution is -0.119. The Bertz CT molecular complexity index is 774.